The number of hydrogen-bond acceptors (Lipinski definition) is 4. The molecule has 0 amide bonds. The minimum absolute atomic E-state index is 0.0706. The standard InChI is InChI=1S/C9H13ClN2O2S2/c10-5-6-16(13,14)12-9-11-7-3-1-2-4-8(7)15-9/h1-6H2,(H,11,12). The summed E-state index contributed by atoms with van der Waals surface area (Å²) in [4.78, 5) is 5.52. The average molecular weight is 281 g/mol. The molecule has 0 saturated carbocycles. The first-order chi connectivity index (χ1) is 7.61. The summed E-state index contributed by atoms with van der Waals surface area (Å²) in [6.45, 7) is 0. The molecule has 0 atom stereocenters. The van der Waals surface area contributed by atoms with Crippen molar-refractivity contribution in [2.75, 3.05) is 16.4 Å². The Morgan fingerprint density at radius 1 is 1.38 bits per heavy atom. The maximum atomic E-state index is 11.5. The largest absolute Gasteiger partial charge is 0.259 e. The molecule has 2 rings (SSSR count). The third kappa shape index (κ3) is 2.87. The van der Waals surface area contributed by atoms with Crippen LogP contribution in [0.3, 0.4) is 0 Å². The predicted molar refractivity (Wildman–Crippen MR) is 66.9 cm³/mol. The van der Waals surface area contributed by atoms with Crippen molar-refractivity contribution < 1.29 is 8.42 Å². The van der Waals surface area contributed by atoms with Crippen molar-refractivity contribution in [1.29, 1.82) is 0 Å². The van der Waals surface area contributed by atoms with Gasteiger partial charge in [0.05, 0.1) is 11.4 Å². The van der Waals surface area contributed by atoms with Crippen LogP contribution < -0.4 is 4.72 Å². The van der Waals surface area contributed by atoms with Crippen LogP contribution in [-0.2, 0) is 22.9 Å². The Hall–Kier alpha value is -0.330. The van der Waals surface area contributed by atoms with Crippen LogP contribution in [0.4, 0.5) is 5.13 Å². The molecule has 1 aromatic rings. The number of alkyl halides is 1. The Balaban J connectivity index is 2.13. The van der Waals surface area contributed by atoms with E-state index in [-0.39, 0.29) is 11.6 Å². The molecule has 0 aliphatic heterocycles. The molecule has 0 aromatic carbocycles. The van der Waals surface area contributed by atoms with Crippen molar-refractivity contribution in [3.05, 3.63) is 10.6 Å². The number of rotatable bonds is 4. The van der Waals surface area contributed by atoms with Crippen LogP contribution >= 0.6 is 22.9 Å². The van der Waals surface area contributed by atoms with Gasteiger partial charge < -0.3 is 0 Å². The molecule has 4 nitrogen and oxygen atoms in total. The average Bonchev–Trinajstić information content (AvgIpc) is 2.58. The quantitative estimate of drug-likeness (QED) is 0.858. The molecule has 90 valence electrons. The van der Waals surface area contributed by atoms with E-state index in [1.807, 2.05) is 0 Å². The topological polar surface area (TPSA) is 59.1 Å². The molecule has 0 saturated heterocycles. The number of fused-ring (bicyclic) bond motifs is 1. The summed E-state index contributed by atoms with van der Waals surface area (Å²) in [6.07, 6.45) is 4.29. The Morgan fingerprint density at radius 3 is 2.81 bits per heavy atom. The van der Waals surface area contributed by atoms with Crippen molar-refractivity contribution in [2.45, 2.75) is 25.7 Å². The van der Waals surface area contributed by atoms with Gasteiger partial charge in [0.1, 0.15) is 0 Å². The maximum Gasteiger partial charge on any atom is 0.235 e. The third-order valence-electron chi connectivity index (χ3n) is 2.43. The Bertz CT molecular complexity index is 446. The first-order valence-electron chi connectivity index (χ1n) is 5.16. The zero-order valence-electron chi connectivity index (χ0n) is 8.70. The van der Waals surface area contributed by atoms with Gasteiger partial charge in [0, 0.05) is 10.8 Å². The lowest BCUT2D eigenvalue weighted by molar-refractivity contribution is 0.602. The fourth-order valence-corrected chi connectivity index (χ4v) is 4.36. The molecule has 0 bridgehead atoms. The zero-order valence-corrected chi connectivity index (χ0v) is 11.1. The van der Waals surface area contributed by atoms with Crippen molar-refractivity contribution in [3.8, 4) is 0 Å². The summed E-state index contributed by atoms with van der Waals surface area (Å²) < 4.78 is 25.4. The van der Waals surface area contributed by atoms with Gasteiger partial charge in [-0.2, -0.15) is 0 Å². The molecule has 0 unspecified atom stereocenters. The van der Waals surface area contributed by atoms with Gasteiger partial charge >= 0.3 is 0 Å². The molecule has 0 radical (unpaired) electrons. The van der Waals surface area contributed by atoms with E-state index in [0.29, 0.717) is 5.13 Å². The number of anilines is 1. The summed E-state index contributed by atoms with van der Waals surface area (Å²) in [5.41, 5.74) is 1.06. The molecule has 0 fully saturated rings. The van der Waals surface area contributed by atoms with Gasteiger partial charge in [-0.3, -0.25) is 4.72 Å². The Kier molecular flexibility index (Phi) is 3.71. The molecule has 1 heterocycles. The van der Waals surface area contributed by atoms with Crippen LogP contribution in [0.1, 0.15) is 23.4 Å². The highest BCUT2D eigenvalue weighted by Gasteiger charge is 2.18. The van der Waals surface area contributed by atoms with E-state index < -0.39 is 10.0 Å². The van der Waals surface area contributed by atoms with Crippen LogP contribution in [0, 0.1) is 0 Å². The summed E-state index contributed by atoms with van der Waals surface area (Å²) in [6, 6.07) is 0. The SMILES string of the molecule is O=S(=O)(CCCl)Nc1nc2c(s1)CCCC2. The van der Waals surface area contributed by atoms with E-state index in [2.05, 4.69) is 9.71 Å². The van der Waals surface area contributed by atoms with Gasteiger partial charge in [-0.1, -0.05) is 0 Å². The number of nitrogens with zero attached hydrogens (tertiary/aromatic N) is 1. The number of aryl methyl sites for hydroxylation is 2. The lowest BCUT2D eigenvalue weighted by atomic mass is 10.0. The van der Waals surface area contributed by atoms with E-state index in [1.165, 1.54) is 22.6 Å². The van der Waals surface area contributed by atoms with Crippen LogP contribution in [0.2, 0.25) is 0 Å². The normalized spacial score (nSPS) is 15.8. The molecule has 16 heavy (non-hydrogen) atoms. The van der Waals surface area contributed by atoms with E-state index >= 15 is 0 Å². The highest BCUT2D eigenvalue weighted by molar-refractivity contribution is 7.92. The van der Waals surface area contributed by atoms with Crippen molar-refractivity contribution >= 4 is 38.1 Å². The van der Waals surface area contributed by atoms with Gasteiger partial charge in [-0.15, -0.1) is 22.9 Å². The zero-order chi connectivity index (χ0) is 11.6. The van der Waals surface area contributed by atoms with Crippen LogP contribution in [0.15, 0.2) is 0 Å². The molecule has 1 aromatic heterocycles. The fraction of sp³-hybridized carbons (Fsp3) is 0.667. The van der Waals surface area contributed by atoms with E-state index in [0.717, 1.165) is 25.0 Å². The number of halogens is 1. The number of thiazole rings is 1. The van der Waals surface area contributed by atoms with E-state index in [4.69, 9.17) is 11.6 Å². The lowest BCUT2D eigenvalue weighted by Crippen LogP contribution is -2.17. The molecule has 1 aliphatic rings. The smallest absolute Gasteiger partial charge is 0.235 e. The molecular weight excluding hydrogens is 268 g/mol. The highest BCUT2D eigenvalue weighted by atomic mass is 35.5. The lowest BCUT2D eigenvalue weighted by Gasteiger charge is -2.06. The molecule has 1 N–H and O–H groups in total. The summed E-state index contributed by atoms with van der Waals surface area (Å²) in [7, 11) is -3.32. The maximum absolute atomic E-state index is 11.5. The van der Waals surface area contributed by atoms with Gasteiger partial charge in [0.15, 0.2) is 5.13 Å². The van der Waals surface area contributed by atoms with Crippen LogP contribution in [0.25, 0.3) is 0 Å². The molecule has 0 spiro atoms. The van der Waals surface area contributed by atoms with E-state index in [9.17, 15) is 8.42 Å². The number of hydrogen-bond donors (Lipinski definition) is 1. The summed E-state index contributed by atoms with van der Waals surface area (Å²) in [5, 5.41) is 0.483. The second kappa shape index (κ2) is 4.89. The monoisotopic (exact) mass is 280 g/mol. The first-order valence-corrected chi connectivity index (χ1v) is 8.16. The van der Waals surface area contributed by atoms with E-state index in [1.54, 1.807) is 0 Å². The second-order valence-electron chi connectivity index (χ2n) is 3.71. The van der Waals surface area contributed by atoms with Crippen molar-refractivity contribution in [1.82, 2.24) is 4.98 Å². The minimum Gasteiger partial charge on any atom is -0.259 e. The molecular formula is C9H13ClN2O2S2. The number of aromatic nitrogens is 1. The Morgan fingerprint density at radius 2 is 2.12 bits per heavy atom. The second-order valence-corrected chi connectivity index (χ2v) is 7.01. The van der Waals surface area contributed by atoms with Crippen molar-refractivity contribution in [3.63, 3.8) is 0 Å². The minimum atomic E-state index is -3.32. The van der Waals surface area contributed by atoms with Gasteiger partial charge in [-0.25, -0.2) is 13.4 Å². The predicted octanol–water partition coefficient (Wildman–Crippen LogP) is 2.00. The van der Waals surface area contributed by atoms with Gasteiger partial charge in [0.2, 0.25) is 10.0 Å². The number of nitrogens with one attached hydrogen (secondary N) is 1. The summed E-state index contributed by atoms with van der Waals surface area (Å²) >= 11 is 6.86. The number of sulfonamides is 1. The Labute approximate surface area is 104 Å². The first kappa shape index (κ1) is 12.1. The third-order valence-corrected chi connectivity index (χ3v) is 5.30. The van der Waals surface area contributed by atoms with Crippen molar-refractivity contribution in [2.24, 2.45) is 0 Å². The summed E-state index contributed by atoms with van der Waals surface area (Å²) in [5.74, 6) is 0.0270. The molecule has 7 heteroatoms. The fourth-order valence-electron chi connectivity index (χ4n) is 1.68. The van der Waals surface area contributed by atoms with Gasteiger partial charge in [0.25, 0.3) is 0 Å². The molecule has 1 aliphatic carbocycles. The highest BCUT2D eigenvalue weighted by Crippen LogP contribution is 2.29. The van der Waals surface area contributed by atoms with Crippen LogP contribution in [0.5, 0.6) is 0 Å². The van der Waals surface area contributed by atoms with Gasteiger partial charge in [-0.05, 0) is 25.7 Å². The van der Waals surface area contributed by atoms with Crippen LogP contribution in [-0.4, -0.2) is 25.0 Å².